The maximum absolute atomic E-state index is 12.9. The molecule has 0 saturated heterocycles. The normalized spacial score (nSPS) is 11.0. The molecule has 9 heteroatoms. The third kappa shape index (κ3) is 2.73. The van der Waals surface area contributed by atoms with Crippen molar-refractivity contribution in [3.63, 3.8) is 0 Å². The van der Waals surface area contributed by atoms with E-state index in [1.165, 1.54) is 23.5 Å². The highest BCUT2D eigenvalue weighted by molar-refractivity contribution is 7.19. The third-order valence-electron chi connectivity index (χ3n) is 3.02. The Bertz CT molecular complexity index is 937. The maximum atomic E-state index is 12.9. The van der Waals surface area contributed by atoms with Gasteiger partial charge in [-0.3, -0.25) is 9.97 Å². The van der Waals surface area contributed by atoms with Gasteiger partial charge < -0.3 is 4.74 Å². The summed E-state index contributed by atoms with van der Waals surface area (Å²) < 4.78 is 20.1. The second-order valence-corrected chi connectivity index (χ2v) is 5.51. The van der Waals surface area contributed by atoms with Gasteiger partial charge in [-0.1, -0.05) is 11.3 Å². The topological polar surface area (TPSA) is 78.1 Å². The summed E-state index contributed by atoms with van der Waals surface area (Å²) in [6, 6.07) is 5.78. The molecule has 0 N–H and O–H groups in total. The molecule has 114 valence electrons. The molecule has 0 spiro atoms. The fourth-order valence-electron chi connectivity index (χ4n) is 1.94. The van der Waals surface area contributed by atoms with Crippen LogP contribution in [0.15, 0.2) is 42.9 Å². The second-order valence-electron chi connectivity index (χ2n) is 4.55. The van der Waals surface area contributed by atoms with Gasteiger partial charge in [-0.15, -0.1) is 10.2 Å². The number of ether oxygens (including phenoxy) is 1. The van der Waals surface area contributed by atoms with E-state index in [1.807, 2.05) is 0 Å². The van der Waals surface area contributed by atoms with Gasteiger partial charge in [0.1, 0.15) is 23.9 Å². The third-order valence-corrected chi connectivity index (χ3v) is 3.94. The quantitative estimate of drug-likeness (QED) is 0.572. The first-order valence-electron chi connectivity index (χ1n) is 6.65. The zero-order valence-corrected chi connectivity index (χ0v) is 12.4. The molecule has 4 aromatic rings. The zero-order valence-electron chi connectivity index (χ0n) is 11.6. The Labute approximate surface area is 133 Å². The molecule has 0 radical (unpaired) electrons. The first-order chi connectivity index (χ1) is 11.3. The van der Waals surface area contributed by atoms with Crippen LogP contribution < -0.4 is 4.74 Å². The van der Waals surface area contributed by atoms with Crippen LogP contribution in [-0.2, 0) is 6.61 Å². The lowest BCUT2D eigenvalue weighted by atomic mass is 10.3. The molecular weight excluding hydrogens is 319 g/mol. The Morgan fingerprint density at radius 1 is 1.13 bits per heavy atom. The molecule has 3 aromatic heterocycles. The molecule has 1 aromatic carbocycles. The predicted octanol–water partition coefficient (Wildman–Crippen LogP) is 2.36. The van der Waals surface area contributed by atoms with Crippen LogP contribution in [0.2, 0.25) is 0 Å². The summed E-state index contributed by atoms with van der Waals surface area (Å²) in [4.78, 5) is 8.88. The van der Waals surface area contributed by atoms with Crippen LogP contribution in [0.25, 0.3) is 15.7 Å². The number of aromatic nitrogens is 6. The van der Waals surface area contributed by atoms with Crippen LogP contribution in [0.5, 0.6) is 5.75 Å². The van der Waals surface area contributed by atoms with Crippen molar-refractivity contribution >= 4 is 16.3 Å². The van der Waals surface area contributed by atoms with Crippen LogP contribution in [0.4, 0.5) is 4.39 Å². The lowest BCUT2D eigenvalue weighted by molar-refractivity contribution is 0.292. The van der Waals surface area contributed by atoms with Crippen molar-refractivity contribution in [2.75, 3.05) is 0 Å². The maximum Gasteiger partial charge on any atom is 0.235 e. The van der Waals surface area contributed by atoms with Gasteiger partial charge >= 0.3 is 0 Å². The Balaban J connectivity index is 1.58. The van der Waals surface area contributed by atoms with E-state index in [4.69, 9.17) is 4.74 Å². The molecule has 0 atom stereocenters. The Morgan fingerprint density at radius 2 is 2.00 bits per heavy atom. The van der Waals surface area contributed by atoms with Crippen molar-refractivity contribution < 1.29 is 9.13 Å². The van der Waals surface area contributed by atoms with Crippen molar-refractivity contribution in [3.05, 3.63) is 54.5 Å². The van der Waals surface area contributed by atoms with Gasteiger partial charge in [0, 0.05) is 12.4 Å². The number of hydrogen-bond acceptors (Lipinski definition) is 7. The van der Waals surface area contributed by atoms with E-state index in [0.29, 0.717) is 27.2 Å². The highest BCUT2D eigenvalue weighted by Crippen LogP contribution is 2.23. The Kier molecular flexibility index (Phi) is 3.39. The van der Waals surface area contributed by atoms with Gasteiger partial charge in [0.15, 0.2) is 10.8 Å². The van der Waals surface area contributed by atoms with Crippen LogP contribution in [0.1, 0.15) is 5.82 Å². The van der Waals surface area contributed by atoms with Crippen LogP contribution in [0, 0.1) is 5.82 Å². The fourth-order valence-corrected chi connectivity index (χ4v) is 2.76. The van der Waals surface area contributed by atoms with Gasteiger partial charge in [-0.25, -0.2) is 4.39 Å². The highest BCUT2D eigenvalue weighted by Gasteiger charge is 2.14. The molecule has 0 amide bonds. The fraction of sp³-hybridized carbons (Fsp3) is 0.0714. The zero-order chi connectivity index (χ0) is 15.6. The summed E-state index contributed by atoms with van der Waals surface area (Å²) in [6.07, 6.45) is 4.85. The van der Waals surface area contributed by atoms with Gasteiger partial charge in [0.2, 0.25) is 4.96 Å². The standard InChI is InChI=1S/C14H9FN6OS/c15-9-1-3-10(4-2-9)22-8-12-18-19-14-21(12)20-13(23-14)11-7-16-5-6-17-11/h1-7H,8H2. The molecular formula is C14H9FN6OS. The van der Waals surface area contributed by atoms with Gasteiger partial charge in [-0.05, 0) is 24.3 Å². The van der Waals surface area contributed by atoms with Crippen molar-refractivity contribution in [3.8, 4) is 16.5 Å². The minimum atomic E-state index is -0.310. The summed E-state index contributed by atoms with van der Waals surface area (Å²) >= 11 is 1.37. The largest absolute Gasteiger partial charge is 0.486 e. The summed E-state index contributed by atoms with van der Waals surface area (Å²) in [6.45, 7) is 0.177. The summed E-state index contributed by atoms with van der Waals surface area (Å²) in [5.74, 6) is 0.790. The van der Waals surface area contributed by atoms with Gasteiger partial charge in [0.25, 0.3) is 0 Å². The van der Waals surface area contributed by atoms with Gasteiger partial charge in [0.05, 0.1) is 6.20 Å². The van der Waals surface area contributed by atoms with E-state index in [0.717, 1.165) is 0 Å². The molecule has 0 fully saturated rings. The van der Waals surface area contributed by atoms with Crippen molar-refractivity contribution in [2.45, 2.75) is 6.61 Å². The number of halogens is 1. The second kappa shape index (κ2) is 5.69. The number of fused-ring (bicyclic) bond motifs is 1. The monoisotopic (exact) mass is 328 g/mol. The van der Waals surface area contributed by atoms with E-state index < -0.39 is 0 Å². The van der Waals surface area contributed by atoms with E-state index >= 15 is 0 Å². The van der Waals surface area contributed by atoms with Crippen LogP contribution in [-0.4, -0.2) is 29.8 Å². The first-order valence-corrected chi connectivity index (χ1v) is 7.47. The lowest BCUT2D eigenvalue weighted by Crippen LogP contribution is -2.02. The average molecular weight is 328 g/mol. The Hall–Kier alpha value is -2.94. The minimum Gasteiger partial charge on any atom is -0.486 e. The van der Waals surface area contributed by atoms with Crippen molar-refractivity contribution in [1.82, 2.24) is 29.8 Å². The minimum absolute atomic E-state index is 0.177. The lowest BCUT2D eigenvalue weighted by Gasteiger charge is -2.03. The predicted molar refractivity (Wildman–Crippen MR) is 80.4 cm³/mol. The molecule has 0 saturated carbocycles. The van der Waals surface area contributed by atoms with E-state index in [-0.39, 0.29) is 12.4 Å². The molecule has 7 nitrogen and oxygen atoms in total. The average Bonchev–Trinajstić information content (AvgIpc) is 3.16. The Morgan fingerprint density at radius 3 is 2.78 bits per heavy atom. The van der Waals surface area contributed by atoms with Crippen LogP contribution >= 0.6 is 11.3 Å². The molecule has 0 bridgehead atoms. The van der Waals surface area contributed by atoms with Gasteiger partial charge in [-0.2, -0.15) is 9.61 Å². The summed E-state index contributed by atoms with van der Waals surface area (Å²) in [7, 11) is 0. The van der Waals surface area contributed by atoms with Crippen LogP contribution in [0.3, 0.4) is 0 Å². The number of nitrogens with zero attached hydrogens (tertiary/aromatic N) is 6. The molecule has 0 aliphatic carbocycles. The first kappa shape index (κ1) is 13.7. The summed E-state index contributed by atoms with van der Waals surface area (Å²) in [5, 5.41) is 13.3. The van der Waals surface area contributed by atoms with E-state index in [2.05, 4.69) is 25.3 Å². The van der Waals surface area contributed by atoms with Crippen molar-refractivity contribution in [1.29, 1.82) is 0 Å². The molecule has 0 aliphatic heterocycles. The molecule has 23 heavy (non-hydrogen) atoms. The van der Waals surface area contributed by atoms with E-state index in [9.17, 15) is 4.39 Å². The summed E-state index contributed by atoms with van der Waals surface area (Å²) in [5.41, 5.74) is 0.674. The smallest absolute Gasteiger partial charge is 0.235 e. The number of hydrogen-bond donors (Lipinski definition) is 0. The van der Waals surface area contributed by atoms with E-state index in [1.54, 1.807) is 35.2 Å². The highest BCUT2D eigenvalue weighted by atomic mass is 32.1. The molecule has 0 unspecified atom stereocenters. The molecule has 4 rings (SSSR count). The molecule has 3 heterocycles. The number of benzene rings is 1. The molecule has 0 aliphatic rings. The SMILES string of the molecule is Fc1ccc(OCc2nnc3sc(-c4cnccn4)nn23)cc1. The van der Waals surface area contributed by atoms with Crippen molar-refractivity contribution in [2.24, 2.45) is 0 Å². The number of rotatable bonds is 4.